The molecule has 2 atom stereocenters. The summed E-state index contributed by atoms with van der Waals surface area (Å²) < 4.78 is 0. The van der Waals surface area contributed by atoms with E-state index in [1.54, 1.807) is 0 Å². The summed E-state index contributed by atoms with van der Waals surface area (Å²) in [5.41, 5.74) is 5.73. The van der Waals surface area contributed by atoms with Gasteiger partial charge in [0.15, 0.2) is 0 Å². The Kier molecular flexibility index (Phi) is 3.13. The summed E-state index contributed by atoms with van der Waals surface area (Å²) in [4.78, 5) is 0. The zero-order chi connectivity index (χ0) is 12.4. The van der Waals surface area contributed by atoms with Gasteiger partial charge in [0, 0.05) is 5.66 Å². The Labute approximate surface area is 110 Å². The molecule has 2 aromatic rings. The molecule has 1 heteroatoms. The number of benzene rings is 2. The second kappa shape index (κ2) is 4.92. The highest BCUT2D eigenvalue weighted by molar-refractivity contribution is 7.19. The van der Waals surface area contributed by atoms with Crippen LogP contribution in [0.2, 0.25) is 0 Å². The molecule has 0 saturated carbocycles. The first-order valence-corrected chi connectivity index (χ1v) is 6.82. The summed E-state index contributed by atoms with van der Waals surface area (Å²) in [6, 6.07) is 21.2. The summed E-state index contributed by atoms with van der Waals surface area (Å²) in [5.74, 6) is 0. The molecule has 1 aliphatic rings. The van der Waals surface area contributed by atoms with Crippen LogP contribution in [0.25, 0.3) is 11.1 Å². The highest BCUT2D eigenvalue weighted by atomic mass is 31.0. The first kappa shape index (κ1) is 11.4. The third kappa shape index (κ3) is 2.05. The van der Waals surface area contributed by atoms with Gasteiger partial charge in [0.25, 0.3) is 0 Å². The Bertz CT molecular complexity index is 594. The molecule has 0 saturated heterocycles. The quantitative estimate of drug-likeness (QED) is 0.692. The third-order valence-electron chi connectivity index (χ3n) is 3.26. The van der Waals surface area contributed by atoms with Gasteiger partial charge in [-0.05, 0) is 22.3 Å². The predicted octanol–water partition coefficient (Wildman–Crippen LogP) is 4.41. The van der Waals surface area contributed by atoms with E-state index in [2.05, 4.69) is 82.1 Å². The fourth-order valence-electron chi connectivity index (χ4n) is 2.40. The van der Waals surface area contributed by atoms with E-state index in [1.807, 2.05) is 0 Å². The molecule has 0 radical (unpaired) electrons. The van der Waals surface area contributed by atoms with Gasteiger partial charge in [0.05, 0.1) is 0 Å². The van der Waals surface area contributed by atoms with Crippen LogP contribution in [0.15, 0.2) is 72.8 Å². The molecule has 2 unspecified atom stereocenters. The maximum Gasteiger partial charge on any atom is 0.0179 e. The van der Waals surface area contributed by atoms with Crippen LogP contribution in [0, 0.1) is 0 Å². The largest absolute Gasteiger partial charge is 0.126 e. The van der Waals surface area contributed by atoms with E-state index >= 15 is 0 Å². The molecule has 0 nitrogen and oxygen atoms in total. The van der Waals surface area contributed by atoms with Gasteiger partial charge >= 0.3 is 0 Å². The summed E-state index contributed by atoms with van der Waals surface area (Å²) in [7, 11) is 2.91. The van der Waals surface area contributed by atoms with Crippen LogP contribution in [-0.4, -0.2) is 5.66 Å². The van der Waals surface area contributed by atoms with Crippen molar-refractivity contribution in [2.45, 2.75) is 5.66 Å². The molecule has 2 aromatic carbocycles. The maximum absolute atomic E-state index is 2.91. The lowest BCUT2D eigenvalue weighted by Crippen LogP contribution is -1.95. The van der Waals surface area contributed by atoms with Crippen molar-refractivity contribution in [3.8, 4) is 0 Å². The Morgan fingerprint density at radius 2 is 1.28 bits per heavy atom. The van der Waals surface area contributed by atoms with Crippen molar-refractivity contribution in [3.05, 3.63) is 83.9 Å². The molecule has 0 spiro atoms. The minimum absolute atomic E-state index is 0.405. The highest BCUT2D eigenvalue weighted by Crippen LogP contribution is 2.38. The fraction of sp³-hybridized carbons (Fsp3) is 0.0588. The summed E-state index contributed by atoms with van der Waals surface area (Å²) in [6.07, 6.45) is 4.48. The van der Waals surface area contributed by atoms with Gasteiger partial charge < -0.3 is 0 Å². The summed E-state index contributed by atoms with van der Waals surface area (Å²) in [5, 5.41) is 0. The van der Waals surface area contributed by atoms with Crippen LogP contribution in [-0.2, 0) is 0 Å². The lowest BCUT2D eigenvalue weighted by atomic mass is 9.96. The molecule has 0 bridgehead atoms. The summed E-state index contributed by atoms with van der Waals surface area (Å²) >= 11 is 0. The lowest BCUT2D eigenvalue weighted by molar-refractivity contribution is 1.45. The standard InChI is InChI=1S/C17H15P/c18-16-12-11-15(13-7-3-1-4-8-13)17(16)14-9-5-2-6-10-14/h1-12,16H,18H2. The topological polar surface area (TPSA) is 0 Å². The monoisotopic (exact) mass is 250 g/mol. The van der Waals surface area contributed by atoms with Crippen molar-refractivity contribution in [3.63, 3.8) is 0 Å². The molecule has 0 heterocycles. The van der Waals surface area contributed by atoms with E-state index in [4.69, 9.17) is 0 Å². The molecule has 0 aliphatic heterocycles. The zero-order valence-corrected chi connectivity index (χ0v) is 11.2. The van der Waals surface area contributed by atoms with Crippen LogP contribution in [0.4, 0.5) is 0 Å². The van der Waals surface area contributed by atoms with Gasteiger partial charge in [-0.25, -0.2) is 0 Å². The average molecular weight is 250 g/mol. The first-order valence-electron chi connectivity index (χ1n) is 6.15. The van der Waals surface area contributed by atoms with Gasteiger partial charge in [0.1, 0.15) is 0 Å². The van der Waals surface area contributed by atoms with Crippen molar-refractivity contribution in [1.29, 1.82) is 0 Å². The number of hydrogen-bond donors (Lipinski definition) is 0. The smallest absolute Gasteiger partial charge is 0.0179 e. The molecule has 18 heavy (non-hydrogen) atoms. The van der Waals surface area contributed by atoms with E-state index in [1.165, 1.54) is 22.3 Å². The number of rotatable bonds is 2. The van der Waals surface area contributed by atoms with Crippen LogP contribution in [0.1, 0.15) is 11.1 Å². The molecular formula is C17H15P. The molecule has 3 rings (SSSR count). The van der Waals surface area contributed by atoms with Crippen LogP contribution >= 0.6 is 9.24 Å². The SMILES string of the molecule is PC1C=CC(c2ccccc2)=C1c1ccccc1. The normalized spacial score (nSPS) is 18.4. The van der Waals surface area contributed by atoms with Crippen molar-refractivity contribution >= 4 is 20.4 Å². The fourth-order valence-corrected chi connectivity index (χ4v) is 2.88. The molecule has 88 valence electrons. The molecular weight excluding hydrogens is 235 g/mol. The van der Waals surface area contributed by atoms with Crippen molar-refractivity contribution in [1.82, 2.24) is 0 Å². The summed E-state index contributed by atoms with van der Waals surface area (Å²) in [6.45, 7) is 0. The van der Waals surface area contributed by atoms with E-state index in [0.717, 1.165) is 0 Å². The number of hydrogen-bond acceptors (Lipinski definition) is 0. The Hall–Kier alpha value is -1.65. The van der Waals surface area contributed by atoms with Gasteiger partial charge in [-0.3, -0.25) is 0 Å². The van der Waals surface area contributed by atoms with Gasteiger partial charge in [-0.2, -0.15) is 0 Å². The molecule has 1 aliphatic carbocycles. The lowest BCUT2D eigenvalue weighted by Gasteiger charge is -2.12. The van der Waals surface area contributed by atoms with Crippen LogP contribution < -0.4 is 0 Å². The van der Waals surface area contributed by atoms with Gasteiger partial charge in [-0.15, -0.1) is 9.24 Å². The first-order chi connectivity index (χ1) is 8.86. The third-order valence-corrected chi connectivity index (χ3v) is 3.82. The van der Waals surface area contributed by atoms with E-state index < -0.39 is 0 Å². The van der Waals surface area contributed by atoms with Gasteiger partial charge in [0.2, 0.25) is 0 Å². The minimum Gasteiger partial charge on any atom is -0.126 e. The van der Waals surface area contributed by atoms with E-state index in [9.17, 15) is 0 Å². The van der Waals surface area contributed by atoms with Crippen molar-refractivity contribution < 1.29 is 0 Å². The van der Waals surface area contributed by atoms with E-state index in [0.29, 0.717) is 5.66 Å². The Morgan fingerprint density at radius 1 is 0.722 bits per heavy atom. The number of allylic oxidation sites excluding steroid dienone is 4. The highest BCUT2D eigenvalue weighted by Gasteiger charge is 2.18. The van der Waals surface area contributed by atoms with E-state index in [-0.39, 0.29) is 0 Å². The Morgan fingerprint density at radius 3 is 1.89 bits per heavy atom. The van der Waals surface area contributed by atoms with Crippen molar-refractivity contribution in [2.24, 2.45) is 0 Å². The maximum atomic E-state index is 2.91. The average Bonchev–Trinajstić information content (AvgIpc) is 2.83. The molecule has 0 aromatic heterocycles. The van der Waals surface area contributed by atoms with Crippen LogP contribution in [0.3, 0.4) is 0 Å². The molecule has 0 amide bonds. The predicted molar refractivity (Wildman–Crippen MR) is 82.3 cm³/mol. The Balaban J connectivity index is 2.15. The zero-order valence-electron chi connectivity index (χ0n) is 10.1. The van der Waals surface area contributed by atoms with Crippen molar-refractivity contribution in [2.75, 3.05) is 0 Å². The minimum atomic E-state index is 0.405. The molecule has 0 fully saturated rings. The second-order valence-corrected chi connectivity index (χ2v) is 5.16. The molecule has 0 N–H and O–H groups in total. The second-order valence-electron chi connectivity index (χ2n) is 4.44. The van der Waals surface area contributed by atoms with Crippen LogP contribution in [0.5, 0.6) is 0 Å². The van der Waals surface area contributed by atoms with Gasteiger partial charge in [-0.1, -0.05) is 72.8 Å².